The van der Waals surface area contributed by atoms with Gasteiger partial charge < -0.3 is 5.32 Å². The zero-order chi connectivity index (χ0) is 13.0. The minimum atomic E-state index is -0.401. The summed E-state index contributed by atoms with van der Waals surface area (Å²) in [5.74, 6) is 0.320. The van der Waals surface area contributed by atoms with Crippen LogP contribution in [0.2, 0.25) is 0 Å². The van der Waals surface area contributed by atoms with Gasteiger partial charge in [0.15, 0.2) is 0 Å². The maximum atomic E-state index is 10.5. The van der Waals surface area contributed by atoms with Crippen molar-refractivity contribution < 1.29 is 4.92 Å². The summed E-state index contributed by atoms with van der Waals surface area (Å²) in [6.45, 7) is 2.85. The molecule has 0 aliphatic heterocycles. The van der Waals surface area contributed by atoms with Gasteiger partial charge in [0.25, 0.3) is 5.69 Å². The van der Waals surface area contributed by atoms with E-state index < -0.39 is 4.92 Å². The van der Waals surface area contributed by atoms with Crippen LogP contribution in [-0.2, 0) is 0 Å². The Balaban J connectivity index is 1.92. The van der Waals surface area contributed by atoms with E-state index in [4.69, 9.17) is 0 Å². The summed E-state index contributed by atoms with van der Waals surface area (Å²) in [5.41, 5.74) is 0.984. The molecule has 2 aromatic rings. The van der Waals surface area contributed by atoms with Crippen LogP contribution in [0.15, 0.2) is 35.8 Å². The number of hydrogen-bond donors (Lipinski definition) is 1. The number of benzene rings is 1. The largest absolute Gasteiger partial charge is 0.384 e. The van der Waals surface area contributed by atoms with Gasteiger partial charge in [-0.05, 0) is 12.1 Å². The number of nitro benzene ring substituents is 1. The van der Waals surface area contributed by atoms with Gasteiger partial charge in [0.05, 0.1) is 9.93 Å². The molecule has 6 heteroatoms. The van der Waals surface area contributed by atoms with Gasteiger partial charge in [0, 0.05) is 41.9 Å². The average Bonchev–Trinajstić information content (AvgIpc) is 2.90. The van der Waals surface area contributed by atoms with Crippen LogP contribution in [0, 0.1) is 10.1 Å². The normalized spacial score (nSPS) is 12.1. The molecule has 0 fully saturated rings. The topological polar surface area (TPSA) is 68.1 Å². The highest BCUT2D eigenvalue weighted by Gasteiger charge is 2.08. The van der Waals surface area contributed by atoms with Crippen LogP contribution in [0.4, 0.5) is 11.4 Å². The fraction of sp³-hybridized carbons (Fsp3) is 0.250. The van der Waals surface area contributed by atoms with E-state index in [2.05, 4.69) is 17.2 Å². The van der Waals surface area contributed by atoms with Crippen LogP contribution in [0.25, 0.3) is 0 Å². The fourth-order valence-corrected chi connectivity index (χ4v) is 2.24. The van der Waals surface area contributed by atoms with Gasteiger partial charge in [-0.2, -0.15) is 0 Å². The standard InChI is InChI=1S/C12H13N3O2S/c1-9(12-13-6-7-18-12)8-14-10-2-4-11(5-3-10)15(16)17/h2-7,9,14H,8H2,1H3. The van der Waals surface area contributed by atoms with E-state index in [0.717, 1.165) is 17.2 Å². The molecule has 0 aliphatic rings. The molecular weight excluding hydrogens is 250 g/mol. The molecule has 2 rings (SSSR count). The molecule has 0 bridgehead atoms. The van der Waals surface area contributed by atoms with Crippen molar-refractivity contribution in [2.45, 2.75) is 12.8 Å². The number of rotatable bonds is 5. The van der Waals surface area contributed by atoms with Crippen LogP contribution < -0.4 is 5.32 Å². The number of aromatic nitrogens is 1. The van der Waals surface area contributed by atoms with Gasteiger partial charge in [0.2, 0.25) is 0 Å². The van der Waals surface area contributed by atoms with Gasteiger partial charge in [-0.25, -0.2) is 4.98 Å². The van der Waals surface area contributed by atoms with E-state index in [9.17, 15) is 10.1 Å². The van der Waals surface area contributed by atoms with E-state index in [1.807, 2.05) is 5.38 Å². The second-order valence-electron chi connectivity index (χ2n) is 3.96. The van der Waals surface area contributed by atoms with Crippen LogP contribution in [0.5, 0.6) is 0 Å². The first kappa shape index (κ1) is 12.5. The number of anilines is 1. The Morgan fingerprint density at radius 3 is 2.72 bits per heavy atom. The molecule has 1 heterocycles. The third kappa shape index (κ3) is 3.04. The Bertz CT molecular complexity index is 511. The van der Waals surface area contributed by atoms with Crippen LogP contribution in [0.1, 0.15) is 17.8 Å². The number of non-ortho nitro benzene ring substituents is 1. The minimum absolute atomic E-state index is 0.105. The van der Waals surface area contributed by atoms with Gasteiger partial charge in [-0.15, -0.1) is 11.3 Å². The Hall–Kier alpha value is -1.95. The lowest BCUT2D eigenvalue weighted by Gasteiger charge is -2.10. The summed E-state index contributed by atoms with van der Waals surface area (Å²) < 4.78 is 0. The quantitative estimate of drug-likeness (QED) is 0.664. The molecule has 1 N–H and O–H groups in total. The number of hydrogen-bond acceptors (Lipinski definition) is 5. The highest BCUT2D eigenvalue weighted by molar-refractivity contribution is 7.09. The van der Waals surface area contributed by atoms with E-state index in [0.29, 0.717) is 5.92 Å². The smallest absolute Gasteiger partial charge is 0.269 e. The highest BCUT2D eigenvalue weighted by Crippen LogP contribution is 2.20. The first-order valence-electron chi connectivity index (χ1n) is 5.54. The fourth-order valence-electron chi connectivity index (χ4n) is 1.54. The summed E-state index contributed by atoms with van der Waals surface area (Å²) in [6.07, 6.45) is 1.79. The molecule has 0 radical (unpaired) electrons. The molecule has 0 aliphatic carbocycles. The van der Waals surface area contributed by atoms with Crippen LogP contribution in [-0.4, -0.2) is 16.5 Å². The lowest BCUT2D eigenvalue weighted by molar-refractivity contribution is -0.384. The van der Waals surface area contributed by atoms with Crippen molar-refractivity contribution in [1.29, 1.82) is 0 Å². The van der Waals surface area contributed by atoms with E-state index in [-0.39, 0.29) is 5.69 Å². The minimum Gasteiger partial charge on any atom is -0.384 e. The third-order valence-corrected chi connectivity index (χ3v) is 3.57. The maximum absolute atomic E-state index is 10.5. The molecule has 18 heavy (non-hydrogen) atoms. The summed E-state index contributed by atoms with van der Waals surface area (Å²) in [4.78, 5) is 14.4. The molecule has 1 atom stereocenters. The molecule has 94 valence electrons. The molecule has 0 amide bonds. The lowest BCUT2D eigenvalue weighted by Crippen LogP contribution is -2.09. The Kier molecular flexibility index (Phi) is 3.88. The van der Waals surface area contributed by atoms with E-state index in [1.165, 1.54) is 12.1 Å². The number of nitrogens with one attached hydrogen (secondary N) is 1. The van der Waals surface area contributed by atoms with E-state index in [1.54, 1.807) is 29.7 Å². The summed E-state index contributed by atoms with van der Waals surface area (Å²) in [6, 6.07) is 6.42. The maximum Gasteiger partial charge on any atom is 0.269 e. The molecule has 0 spiro atoms. The van der Waals surface area contributed by atoms with Crippen molar-refractivity contribution in [3.63, 3.8) is 0 Å². The molecule has 1 aromatic heterocycles. The predicted octanol–water partition coefficient (Wildman–Crippen LogP) is 3.27. The molecule has 0 saturated carbocycles. The first-order valence-corrected chi connectivity index (χ1v) is 6.42. The second-order valence-corrected chi connectivity index (χ2v) is 4.88. The Morgan fingerprint density at radius 1 is 1.44 bits per heavy atom. The summed E-state index contributed by atoms with van der Waals surface area (Å²) in [5, 5.41) is 16.8. The zero-order valence-corrected chi connectivity index (χ0v) is 10.7. The zero-order valence-electron chi connectivity index (χ0n) is 9.87. The highest BCUT2D eigenvalue weighted by atomic mass is 32.1. The molecular formula is C12H13N3O2S. The average molecular weight is 263 g/mol. The van der Waals surface area contributed by atoms with Crippen LogP contribution in [0.3, 0.4) is 0 Å². The van der Waals surface area contributed by atoms with Crippen LogP contribution >= 0.6 is 11.3 Å². The number of nitro groups is 1. The summed E-state index contributed by atoms with van der Waals surface area (Å²) >= 11 is 1.63. The lowest BCUT2D eigenvalue weighted by atomic mass is 10.2. The van der Waals surface area contributed by atoms with Crippen molar-refractivity contribution in [3.05, 3.63) is 51.0 Å². The van der Waals surface area contributed by atoms with Crippen molar-refractivity contribution in [2.24, 2.45) is 0 Å². The van der Waals surface area contributed by atoms with Crippen molar-refractivity contribution in [2.75, 3.05) is 11.9 Å². The third-order valence-electron chi connectivity index (χ3n) is 2.56. The SMILES string of the molecule is CC(CNc1ccc([N+](=O)[O-])cc1)c1nccs1. The van der Waals surface area contributed by atoms with Crippen molar-refractivity contribution >= 4 is 22.7 Å². The predicted molar refractivity (Wildman–Crippen MR) is 72.1 cm³/mol. The van der Waals surface area contributed by atoms with Gasteiger partial charge in [0.1, 0.15) is 0 Å². The van der Waals surface area contributed by atoms with Gasteiger partial charge >= 0.3 is 0 Å². The first-order chi connectivity index (χ1) is 8.66. The van der Waals surface area contributed by atoms with Crippen molar-refractivity contribution in [3.8, 4) is 0 Å². The molecule has 1 unspecified atom stereocenters. The monoisotopic (exact) mass is 263 g/mol. The second kappa shape index (κ2) is 5.59. The van der Waals surface area contributed by atoms with Gasteiger partial charge in [-0.1, -0.05) is 6.92 Å². The van der Waals surface area contributed by atoms with E-state index >= 15 is 0 Å². The molecule has 1 aromatic carbocycles. The Labute approximate surface area is 109 Å². The van der Waals surface area contributed by atoms with Gasteiger partial charge in [-0.3, -0.25) is 10.1 Å². The number of nitrogens with zero attached hydrogens (tertiary/aromatic N) is 2. The number of thiazole rings is 1. The van der Waals surface area contributed by atoms with Crippen molar-refractivity contribution in [1.82, 2.24) is 4.98 Å². The molecule has 0 saturated heterocycles. The summed E-state index contributed by atoms with van der Waals surface area (Å²) in [7, 11) is 0. The Morgan fingerprint density at radius 2 is 2.17 bits per heavy atom. The molecule has 5 nitrogen and oxygen atoms in total.